The molecule has 22 heavy (non-hydrogen) atoms. The van der Waals surface area contributed by atoms with E-state index in [2.05, 4.69) is 0 Å². The van der Waals surface area contributed by atoms with Gasteiger partial charge >= 0.3 is 0 Å². The van der Waals surface area contributed by atoms with Crippen molar-refractivity contribution in [2.75, 3.05) is 13.2 Å². The van der Waals surface area contributed by atoms with Gasteiger partial charge in [-0.25, -0.2) is 0 Å². The van der Waals surface area contributed by atoms with Gasteiger partial charge in [-0.3, -0.25) is 4.79 Å². The second-order valence-corrected chi connectivity index (χ2v) is 10.0. The molecule has 0 aromatic heterocycles. The van der Waals surface area contributed by atoms with Gasteiger partial charge in [-0.15, -0.1) is 0 Å². The van der Waals surface area contributed by atoms with Crippen LogP contribution in [0, 0.1) is 0 Å². The molecule has 0 radical (unpaired) electrons. The molecule has 3 nitrogen and oxygen atoms in total. The van der Waals surface area contributed by atoms with Crippen molar-refractivity contribution >= 4 is 75.4 Å². The van der Waals surface area contributed by atoms with Crippen molar-refractivity contribution in [2.24, 2.45) is 0 Å². The van der Waals surface area contributed by atoms with E-state index in [1.165, 1.54) is 0 Å². The van der Waals surface area contributed by atoms with E-state index in [0.29, 0.717) is 19.3 Å². The first kappa shape index (κ1) is 21.1. The molecule has 0 spiro atoms. The highest BCUT2D eigenvalue weighted by atomic mass is 35.6. The third-order valence-corrected chi connectivity index (χ3v) is 3.73. The predicted octanol–water partition coefficient (Wildman–Crippen LogP) is 5.55. The van der Waals surface area contributed by atoms with E-state index in [9.17, 15) is 4.79 Å². The van der Waals surface area contributed by atoms with Gasteiger partial charge in [0.2, 0.25) is 7.59 Å². The van der Waals surface area contributed by atoms with Crippen molar-refractivity contribution in [3.05, 3.63) is 11.1 Å². The molecule has 0 aromatic rings. The van der Waals surface area contributed by atoms with Crippen LogP contribution in [-0.4, -0.2) is 32.9 Å². The van der Waals surface area contributed by atoms with Crippen LogP contribution >= 0.6 is 69.6 Å². The van der Waals surface area contributed by atoms with Crippen LogP contribution < -0.4 is 0 Å². The average molecular weight is 433 g/mol. The van der Waals surface area contributed by atoms with Crippen LogP contribution in [0.3, 0.4) is 0 Å². The van der Waals surface area contributed by atoms with Crippen LogP contribution in [0.2, 0.25) is 0 Å². The molecule has 0 bridgehead atoms. The SMILES string of the molecule is CC1=C(CCC(OCC(Cl)(Cl)Cl)OCC(Cl)(Cl)Cl)C(=O)CC1. The summed E-state index contributed by atoms with van der Waals surface area (Å²) < 4.78 is 7.67. The van der Waals surface area contributed by atoms with E-state index in [-0.39, 0.29) is 19.0 Å². The zero-order valence-corrected chi connectivity index (χ0v) is 16.3. The Labute approximate surface area is 160 Å². The minimum Gasteiger partial charge on any atom is -0.348 e. The summed E-state index contributed by atoms with van der Waals surface area (Å²) in [6, 6.07) is 0. The maximum absolute atomic E-state index is 11.8. The van der Waals surface area contributed by atoms with Gasteiger partial charge in [0.15, 0.2) is 12.1 Å². The van der Waals surface area contributed by atoms with Crippen molar-refractivity contribution in [3.63, 3.8) is 0 Å². The molecule has 0 heterocycles. The lowest BCUT2D eigenvalue weighted by Crippen LogP contribution is -2.27. The first-order valence-corrected chi connectivity index (χ1v) is 8.83. The number of halogens is 6. The van der Waals surface area contributed by atoms with Crippen molar-refractivity contribution in [3.8, 4) is 0 Å². The summed E-state index contributed by atoms with van der Waals surface area (Å²) in [5, 5.41) is 0. The number of rotatable bonds is 7. The summed E-state index contributed by atoms with van der Waals surface area (Å²) >= 11 is 33.9. The van der Waals surface area contributed by atoms with E-state index < -0.39 is 13.9 Å². The van der Waals surface area contributed by atoms with E-state index in [1.54, 1.807) is 0 Å². The molecule has 0 aromatic carbocycles. The maximum Gasteiger partial charge on any atom is 0.213 e. The number of ketones is 1. The number of ether oxygens (including phenoxy) is 2. The van der Waals surface area contributed by atoms with Gasteiger partial charge in [0.1, 0.15) is 0 Å². The number of hydrogen-bond acceptors (Lipinski definition) is 3. The number of carbonyl (C=O) groups is 1. The highest BCUT2D eigenvalue weighted by Gasteiger charge is 2.27. The van der Waals surface area contributed by atoms with Gasteiger partial charge in [-0.2, -0.15) is 0 Å². The lowest BCUT2D eigenvalue weighted by Gasteiger charge is -2.23. The second-order valence-electron chi connectivity index (χ2n) is 5.00. The molecule has 1 aliphatic carbocycles. The predicted molar refractivity (Wildman–Crippen MR) is 92.4 cm³/mol. The summed E-state index contributed by atoms with van der Waals surface area (Å²) in [7, 11) is 0. The fourth-order valence-electron chi connectivity index (χ4n) is 2.05. The fraction of sp³-hybridized carbons (Fsp3) is 0.769. The largest absolute Gasteiger partial charge is 0.348 e. The molecule has 0 amide bonds. The molecular weight excluding hydrogens is 417 g/mol. The van der Waals surface area contributed by atoms with Crippen LogP contribution in [0.1, 0.15) is 32.6 Å². The standard InChI is InChI=1S/C13H16Cl6O3/c1-8-2-4-10(20)9(8)3-5-11(21-6-12(14,15)16)22-7-13(17,18)19/h11H,2-7H2,1H3. The fourth-order valence-corrected chi connectivity index (χ4v) is 2.42. The van der Waals surface area contributed by atoms with Crippen molar-refractivity contribution in [1.29, 1.82) is 0 Å². The quantitative estimate of drug-likeness (QED) is 0.391. The maximum atomic E-state index is 11.8. The first-order chi connectivity index (χ1) is 9.98. The molecule has 128 valence electrons. The van der Waals surface area contributed by atoms with Crippen molar-refractivity contribution in [2.45, 2.75) is 46.5 Å². The van der Waals surface area contributed by atoms with E-state index >= 15 is 0 Å². The second kappa shape index (κ2) is 8.96. The number of hydrogen-bond donors (Lipinski definition) is 0. The Bertz CT molecular complexity index is 406. The Kier molecular flexibility index (Phi) is 8.60. The van der Waals surface area contributed by atoms with E-state index in [1.807, 2.05) is 6.92 Å². The lowest BCUT2D eigenvalue weighted by atomic mass is 10.1. The topological polar surface area (TPSA) is 35.5 Å². The zero-order valence-electron chi connectivity index (χ0n) is 11.8. The van der Waals surface area contributed by atoms with E-state index in [4.69, 9.17) is 79.1 Å². The number of Topliss-reactive ketones (excluding diaryl/α,β-unsaturated/α-hetero) is 1. The van der Waals surface area contributed by atoms with Crippen LogP contribution in [-0.2, 0) is 14.3 Å². The Morgan fingerprint density at radius 1 is 1.00 bits per heavy atom. The summed E-state index contributed by atoms with van der Waals surface area (Å²) in [5.41, 5.74) is 1.89. The monoisotopic (exact) mass is 430 g/mol. The molecule has 0 fully saturated rings. The normalized spacial score (nSPS) is 17.0. The van der Waals surface area contributed by atoms with Gasteiger partial charge < -0.3 is 9.47 Å². The van der Waals surface area contributed by atoms with Crippen LogP contribution in [0.25, 0.3) is 0 Å². The van der Waals surface area contributed by atoms with Crippen LogP contribution in [0.4, 0.5) is 0 Å². The Morgan fingerprint density at radius 3 is 1.86 bits per heavy atom. The summed E-state index contributed by atoms with van der Waals surface area (Å²) in [5.74, 6) is 0.152. The van der Waals surface area contributed by atoms with Crippen molar-refractivity contribution < 1.29 is 14.3 Å². The molecule has 0 aliphatic heterocycles. The summed E-state index contributed by atoms with van der Waals surface area (Å²) in [4.78, 5) is 11.8. The average Bonchev–Trinajstić information content (AvgIpc) is 2.66. The van der Waals surface area contributed by atoms with Crippen molar-refractivity contribution in [1.82, 2.24) is 0 Å². The summed E-state index contributed by atoms with van der Waals surface area (Å²) in [6.07, 6.45) is 1.52. The number of alkyl halides is 6. The third-order valence-electron chi connectivity index (χ3n) is 3.07. The van der Waals surface area contributed by atoms with Crippen LogP contribution in [0.5, 0.6) is 0 Å². The smallest absolute Gasteiger partial charge is 0.213 e. The highest BCUT2D eigenvalue weighted by molar-refractivity contribution is 6.68. The number of allylic oxidation sites excluding steroid dienone is 2. The molecule has 0 unspecified atom stereocenters. The van der Waals surface area contributed by atoms with Gasteiger partial charge in [0.05, 0.1) is 13.2 Å². The van der Waals surface area contributed by atoms with Gasteiger partial charge in [-0.1, -0.05) is 75.2 Å². The highest BCUT2D eigenvalue weighted by Crippen LogP contribution is 2.31. The van der Waals surface area contributed by atoms with Crippen LogP contribution in [0.15, 0.2) is 11.1 Å². The van der Waals surface area contributed by atoms with E-state index in [0.717, 1.165) is 17.6 Å². The van der Waals surface area contributed by atoms with Gasteiger partial charge in [0, 0.05) is 12.8 Å². The minimum absolute atomic E-state index is 0.152. The molecular formula is C13H16Cl6O3. The third kappa shape index (κ3) is 8.79. The molecule has 0 N–H and O–H groups in total. The molecule has 0 saturated heterocycles. The van der Waals surface area contributed by atoms with Gasteiger partial charge in [-0.05, 0) is 25.3 Å². The first-order valence-electron chi connectivity index (χ1n) is 6.56. The molecule has 0 saturated carbocycles. The van der Waals surface area contributed by atoms with Gasteiger partial charge in [0.25, 0.3) is 0 Å². The Morgan fingerprint density at radius 2 is 1.50 bits per heavy atom. The minimum atomic E-state index is -1.57. The molecule has 0 atom stereocenters. The summed E-state index contributed by atoms with van der Waals surface area (Å²) in [6.45, 7) is 1.60. The Balaban J connectivity index is 2.57. The lowest BCUT2D eigenvalue weighted by molar-refractivity contribution is -0.143. The number of carbonyl (C=O) groups excluding carboxylic acids is 1. The molecule has 9 heteroatoms. The Hall–Kier alpha value is 1.07. The molecule has 1 aliphatic rings. The molecule has 1 rings (SSSR count). The zero-order chi connectivity index (χ0) is 17.0.